The molecule has 1 aliphatic heterocycles. The van der Waals surface area contributed by atoms with Crippen LogP contribution in [0.4, 0.5) is 17.2 Å². The zero-order valence-corrected chi connectivity index (χ0v) is 13.1. The second kappa shape index (κ2) is 6.56. The van der Waals surface area contributed by atoms with Crippen molar-refractivity contribution in [1.82, 2.24) is 4.98 Å². The fourth-order valence-electron chi connectivity index (χ4n) is 2.77. The summed E-state index contributed by atoms with van der Waals surface area (Å²) < 4.78 is 5.12. The van der Waals surface area contributed by atoms with Crippen LogP contribution in [0.5, 0.6) is 5.75 Å². The van der Waals surface area contributed by atoms with Crippen LogP contribution in [0, 0.1) is 0 Å². The summed E-state index contributed by atoms with van der Waals surface area (Å²) >= 11 is 0. The molecule has 1 aliphatic rings. The summed E-state index contributed by atoms with van der Waals surface area (Å²) in [6.45, 7) is 1.87. The van der Waals surface area contributed by atoms with E-state index in [0.29, 0.717) is 22.7 Å². The molecule has 0 radical (unpaired) electrons. The number of ether oxygens (including phenoxy) is 1. The molecule has 0 saturated carbocycles. The van der Waals surface area contributed by atoms with Crippen LogP contribution in [-0.4, -0.2) is 31.1 Å². The SMILES string of the molecule is COc1ccc(NC(=O)c2cccnc2N2CCCC2)cc1N. The number of rotatable bonds is 4. The molecule has 3 N–H and O–H groups in total. The van der Waals surface area contributed by atoms with Gasteiger partial charge in [0, 0.05) is 25.0 Å². The maximum Gasteiger partial charge on any atom is 0.259 e. The highest BCUT2D eigenvalue weighted by molar-refractivity contribution is 6.07. The van der Waals surface area contributed by atoms with E-state index in [0.717, 1.165) is 31.7 Å². The van der Waals surface area contributed by atoms with Crippen LogP contribution >= 0.6 is 0 Å². The third kappa shape index (κ3) is 3.21. The first-order valence-electron chi connectivity index (χ1n) is 7.64. The van der Waals surface area contributed by atoms with Gasteiger partial charge in [0.05, 0.1) is 18.4 Å². The number of pyridine rings is 1. The van der Waals surface area contributed by atoms with Gasteiger partial charge in [-0.3, -0.25) is 4.79 Å². The fourth-order valence-corrected chi connectivity index (χ4v) is 2.77. The Balaban J connectivity index is 1.82. The van der Waals surface area contributed by atoms with Crippen molar-refractivity contribution in [3.63, 3.8) is 0 Å². The van der Waals surface area contributed by atoms with E-state index in [1.165, 1.54) is 0 Å². The lowest BCUT2D eigenvalue weighted by molar-refractivity contribution is 0.102. The fraction of sp³-hybridized carbons (Fsp3) is 0.294. The largest absolute Gasteiger partial charge is 0.495 e. The number of carbonyl (C=O) groups excluding carboxylic acids is 1. The minimum Gasteiger partial charge on any atom is -0.495 e. The number of benzene rings is 1. The van der Waals surface area contributed by atoms with Gasteiger partial charge in [0.15, 0.2) is 0 Å². The Morgan fingerprint density at radius 3 is 2.78 bits per heavy atom. The van der Waals surface area contributed by atoms with Crippen molar-refractivity contribution < 1.29 is 9.53 Å². The van der Waals surface area contributed by atoms with Gasteiger partial charge in [0.2, 0.25) is 0 Å². The van der Waals surface area contributed by atoms with Crippen molar-refractivity contribution in [2.24, 2.45) is 0 Å². The summed E-state index contributed by atoms with van der Waals surface area (Å²) in [5.41, 5.74) is 7.56. The molecule has 0 unspecified atom stereocenters. The molecule has 6 heteroatoms. The molecular weight excluding hydrogens is 292 g/mol. The van der Waals surface area contributed by atoms with Crippen molar-refractivity contribution in [2.75, 3.05) is 36.1 Å². The zero-order chi connectivity index (χ0) is 16.2. The van der Waals surface area contributed by atoms with Gasteiger partial charge in [-0.05, 0) is 43.2 Å². The van der Waals surface area contributed by atoms with E-state index < -0.39 is 0 Å². The summed E-state index contributed by atoms with van der Waals surface area (Å²) in [6, 6.07) is 8.75. The summed E-state index contributed by atoms with van der Waals surface area (Å²) in [7, 11) is 1.56. The maximum atomic E-state index is 12.6. The monoisotopic (exact) mass is 312 g/mol. The summed E-state index contributed by atoms with van der Waals surface area (Å²) in [5, 5.41) is 2.87. The van der Waals surface area contributed by atoms with E-state index in [9.17, 15) is 4.79 Å². The number of nitrogens with zero attached hydrogens (tertiary/aromatic N) is 2. The van der Waals surface area contributed by atoms with Crippen molar-refractivity contribution in [3.05, 3.63) is 42.1 Å². The van der Waals surface area contributed by atoms with E-state index in [1.807, 2.05) is 0 Å². The highest BCUT2D eigenvalue weighted by Gasteiger charge is 2.20. The molecule has 1 amide bonds. The van der Waals surface area contributed by atoms with Gasteiger partial charge in [-0.25, -0.2) is 4.98 Å². The lowest BCUT2D eigenvalue weighted by Crippen LogP contribution is -2.24. The molecule has 23 heavy (non-hydrogen) atoms. The number of nitrogen functional groups attached to an aromatic ring is 1. The van der Waals surface area contributed by atoms with Crippen LogP contribution in [0.1, 0.15) is 23.2 Å². The first-order valence-corrected chi connectivity index (χ1v) is 7.64. The summed E-state index contributed by atoms with van der Waals surface area (Å²) in [5.74, 6) is 1.13. The number of hydrogen-bond acceptors (Lipinski definition) is 5. The molecule has 1 aromatic carbocycles. The highest BCUT2D eigenvalue weighted by Crippen LogP contribution is 2.26. The number of nitrogens with two attached hydrogens (primary N) is 1. The third-order valence-corrected chi connectivity index (χ3v) is 3.92. The Bertz CT molecular complexity index is 711. The van der Waals surface area contributed by atoms with E-state index in [-0.39, 0.29) is 5.91 Å². The number of carbonyl (C=O) groups is 1. The molecule has 2 heterocycles. The molecule has 2 aromatic rings. The Labute approximate surface area is 135 Å². The maximum absolute atomic E-state index is 12.6. The number of aromatic nitrogens is 1. The van der Waals surface area contributed by atoms with Crippen LogP contribution < -0.4 is 20.7 Å². The van der Waals surface area contributed by atoms with Crippen LogP contribution in [0.3, 0.4) is 0 Å². The van der Waals surface area contributed by atoms with Gasteiger partial charge in [-0.2, -0.15) is 0 Å². The number of methoxy groups -OCH3 is 1. The third-order valence-electron chi connectivity index (χ3n) is 3.92. The van der Waals surface area contributed by atoms with Gasteiger partial charge >= 0.3 is 0 Å². The standard InChI is InChI=1S/C17H20N4O2/c1-23-15-7-6-12(11-14(15)18)20-17(22)13-5-4-8-19-16(13)21-9-2-3-10-21/h4-8,11H,2-3,9-10,18H2,1H3,(H,20,22). The molecule has 0 aliphatic carbocycles. The highest BCUT2D eigenvalue weighted by atomic mass is 16.5. The molecule has 1 saturated heterocycles. The first-order chi connectivity index (χ1) is 11.2. The predicted octanol–water partition coefficient (Wildman–Crippen LogP) is 2.52. The lowest BCUT2D eigenvalue weighted by Gasteiger charge is -2.19. The molecule has 1 fully saturated rings. The Morgan fingerprint density at radius 1 is 1.30 bits per heavy atom. The lowest BCUT2D eigenvalue weighted by atomic mass is 10.2. The van der Waals surface area contributed by atoms with E-state index in [1.54, 1.807) is 43.6 Å². The predicted molar refractivity (Wildman–Crippen MR) is 91.0 cm³/mol. The van der Waals surface area contributed by atoms with Gasteiger partial charge < -0.3 is 20.7 Å². The van der Waals surface area contributed by atoms with E-state index >= 15 is 0 Å². The Morgan fingerprint density at radius 2 is 2.09 bits per heavy atom. The van der Waals surface area contributed by atoms with Crippen molar-refractivity contribution in [1.29, 1.82) is 0 Å². The van der Waals surface area contributed by atoms with Crippen molar-refractivity contribution in [3.8, 4) is 5.75 Å². The van der Waals surface area contributed by atoms with Crippen molar-refractivity contribution in [2.45, 2.75) is 12.8 Å². The number of amides is 1. The quantitative estimate of drug-likeness (QED) is 0.848. The average molecular weight is 312 g/mol. The van der Waals surface area contributed by atoms with E-state index in [4.69, 9.17) is 10.5 Å². The van der Waals surface area contributed by atoms with Crippen LogP contribution in [0.2, 0.25) is 0 Å². The molecular formula is C17H20N4O2. The Kier molecular flexibility index (Phi) is 4.32. The van der Waals surface area contributed by atoms with Crippen LogP contribution in [0.25, 0.3) is 0 Å². The minimum atomic E-state index is -0.190. The van der Waals surface area contributed by atoms with Gasteiger partial charge in [0.25, 0.3) is 5.91 Å². The van der Waals surface area contributed by atoms with E-state index in [2.05, 4.69) is 15.2 Å². The smallest absolute Gasteiger partial charge is 0.259 e. The topological polar surface area (TPSA) is 80.5 Å². The number of hydrogen-bond donors (Lipinski definition) is 2. The second-order valence-corrected chi connectivity index (χ2v) is 5.48. The van der Waals surface area contributed by atoms with Crippen molar-refractivity contribution >= 4 is 23.1 Å². The van der Waals surface area contributed by atoms with Gasteiger partial charge in [0.1, 0.15) is 11.6 Å². The summed E-state index contributed by atoms with van der Waals surface area (Å²) in [4.78, 5) is 19.1. The average Bonchev–Trinajstić information content (AvgIpc) is 3.09. The minimum absolute atomic E-state index is 0.190. The van der Waals surface area contributed by atoms with Gasteiger partial charge in [-0.15, -0.1) is 0 Å². The Hall–Kier alpha value is -2.76. The number of anilines is 3. The first kappa shape index (κ1) is 15.1. The second-order valence-electron chi connectivity index (χ2n) is 5.48. The molecule has 0 atom stereocenters. The molecule has 0 spiro atoms. The summed E-state index contributed by atoms with van der Waals surface area (Å²) in [6.07, 6.45) is 3.98. The normalized spacial score (nSPS) is 13.9. The van der Waals surface area contributed by atoms with Crippen LogP contribution in [-0.2, 0) is 0 Å². The molecule has 1 aromatic heterocycles. The molecule has 3 rings (SSSR count). The molecule has 6 nitrogen and oxygen atoms in total. The van der Waals surface area contributed by atoms with Crippen LogP contribution in [0.15, 0.2) is 36.5 Å². The van der Waals surface area contributed by atoms with Gasteiger partial charge in [-0.1, -0.05) is 0 Å². The molecule has 120 valence electrons. The molecule has 0 bridgehead atoms. The number of nitrogens with one attached hydrogen (secondary N) is 1. The zero-order valence-electron chi connectivity index (χ0n) is 13.1.